The van der Waals surface area contributed by atoms with Gasteiger partial charge in [0.05, 0.1) is 17.5 Å². The molecule has 0 aliphatic heterocycles. The summed E-state index contributed by atoms with van der Waals surface area (Å²) in [5.74, 6) is 0.977. The van der Waals surface area contributed by atoms with Crippen LogP contribution in [0, 0.1) is 0 Å². The second-order valence-corrected chi connectivity index (χ2v) is 5.86. The number of rotatable bonds is 7. The molecule has 8 nitrogen and oxygen atoms in total. The van der Waals surface area contributed by atoms with Gasteiger partial charge in [0.25, 0.3) is 0 Å². The number of aliphatic hydroxyl groups is 1. The molecule has 0 bridgehead atoms. The summed E-state index contributed by atoms with van der Waals surface area (Å²) in [7, 11) is 0. The van der Waals surface area contributed by atoms with Crippen molar-refractivity contribution in [3.8, 4) is 5.88 Å². The van der Waals surface area contributed by atoms with E-state index in [9.17, 15) is 4.79 Å². The maximum absolute atomic E-state index is 12.1. The van der Waals surface area contributed by atoms with Gasteiger partial charge < -0.3 is 15.2 Å². The number of carbonyl (C=O) groups is 1. The molecule has 0 aliphatic carbocycles. The molecule has 2 heterocycles. The minimum atomic E-state index is -0.323. The Kier molecular flexibility index (Phi) is 5.65. The maximum Gasteiger partial charge on any atom is 0.320 e. The fourth-order valence-electron chi connectivity index (χ4n) is 2.52. The van der Waals surface area contributed by atoms with Crippen molar-refractivity contribution < 1.29 is 14.6 Å². The van der Waals surface area contributed by atoms with Crippen LogP contribution >= 0.6 is 0 Å². The van der Waals surface area contributed by atoms with Gasteiger partial charge in [0.1, 0.15) is 12.4 Å². The summed E-state index contributed by atoms with van der Waals surface area (Å²) in [4.78, 5) is 16.3. The van der Waals surface area contributed by atoms with Crippen molar-refractivity contribution in [2.24, 2.45) is 0 Å². The average molecular weight is 355 g/mol. The second kappa shape index (κ2) is 8.30. The van der Waals surface area contributed by atoms with Crippen LogP contribution in [0.4, 0.5) is 10.6 Å². The lowest BCUT2D eigenvalue weighted by Gasteiger charge is -2.13. The summed E-state index contributed by atoms with van der Waals surface area (Å²) in [6.45, 7) is 2.63. The number of H-pyrrole nitrogens is 1. The number of anilines is 1. The van der Waals surface area contributed by atoms with Crippen LogP contribution in [0.25, 0.3) is 10.9 Å². The Labute approximate surface area is 150 Å². The molecular formula is C18H21N5O3. The lowest BCUT2D eigenvalue weighted by Crippen LogP contribution is -2.32. The fraction of sp³-hybridized carbons (Fsp3) is 0.278. The standard InChI is InChI=1S/C18H21N5O3/c1-12(13-5-3-2-4-6-13)10-20-18(25)21-16-9-15-14(11-19-16)17(23-22-15)26-8-7-24/h2-6,9,11-12,24H,7-8,10H2,1H3,(H,22,23)(H2,19,20,21,25). The molecular weight excluding hydrogens is 334 g/mol. The number of nitrogens with one attached hydrogen (secondary N) is 3. The molecule has 1 atom stereocenters. The zero-order valence-corrected chi connectivity index (χ0v) is 14.4. The minimum Gasteiger partial charge on any atom is -0.474 e. The van der Waals surface area contributed by atoms with E-state index in [2.05, 4.69) is 32.7 Å². The van der Waals surface area contributed by atoms with E-state index < -0.39 is 0 Å². The van der Waals surface area contributed by atoms with E-state index in [1.54, 1.807) is 12.3 Å². The summed E-state index contributed by atoms with van der Waals surface area (Å²) in [6, 6.07) is 11.4. The molecule has 0 aliphatic rings. The largest absolute Gasteiger partial charge is 0.474 e. The first-order chi connectivity index (χ1) is 12.7. The van der Waals surface area contributed by atoms with Gasteiger partial charge in [0, 0.05) is 18.8 Å². The number of fused-ring (bicyclic) bond motifs is 1. The molecule has 0 radical (unpaired) electrons. The van der Waals surface area contributed by atoms with Crippen LogP contribution in [0.5, 0.6) is 5.88 Å². The highest BCUT2D eigenvalue weighted by molar-refractivity contribution is 5.91. The lowest BCUT2D eigenvalue weighted by atomic mass is 10.0. The summed E-state index contributed by atoms with van der Waals surface area (Å²) >= 11 is 0. The number of aliphatic hydroxyl groups excluding tert-OH is 1. The van der Waals surface area contributed by atoms with Crippen molar-refractivity contribution in [2.75, 3.05) is 25.1 Å². The predicted octanol–water partition coefficient (Wildman–Crippen LogP) is 2.25. The molecule has 2 amide bonds. The SMILES string of the molecule is CC(CNC(=O)Nc1cc2[nH]nc(OCCO)c2cn1)c1ccccc1. The van der Waals surface area contributed by atoms with E-state index in [1.165, 1.54) is 5.56 Å². The lowest BCUT2D eigenvalue weighted by molar-refractivity contribution is 0.198. The normalized spacial score (nSPS) is 11.9. The minimum absolute atomic E-state index is 0.0942. The van der Waals surface area contributed by atoms with Crippen molar-refractivity contribution >= 4 is 22.8 Å². The van der Waals surface area contributed by atoms with Gasteiger partial charge in [-0.25, -0.2) is 9.78 Å². The van der Waals surface area contributed by atoms with Crippen molar-refractivity contribution in [3.05, 3.63) is 48.2 Å². The maximum atomic E-state index is 12.1. The Balaban J connectivity index is 1.57. The third kappa shape index (κ3) is 4.28. The van der Waals surface area contributed by atoms with E-state index in [0.29, 0.717) is 29.1 Å². The highest BCUT2D eigenvalue weighted by atomic mass is 16.5. The van der Waals surface area contributed by atoms with Crippen LogP contribution in [-0.2, 0) is 0 Å². The van der Waals surface area contributed by atoms with Crippen LogP contribution in [0.15, 0.2) is 42.6 Å². The Morgan fingerprint density at radius 2 is 2.15 bits per heavy atom. The van der Waals surface area contributed by atoms with Gasteiger partial charge in [0.15, 0.2) is 0 Å². The van der Waals surface area contributed by atoms with Gasteiger partial charge in [-0.05, 0) is 11.5 Å². The molecule has 3 rings (SSSR count). The monoisotopic (exact) mass is 355 g/mol. The van der Waals surface area contributed by atoms with Crippen LogP contribution < -0.4 is 15.4 Å². The van der Waals surface area contributed by atoms with Gasteiger partial charge in [0.2, 0.25) is 5.88 Å². The third-order valence-electron chi connectivity index (χ3n) is 3.92. The number of ether oxygens (including phenoxy) is 1. The van der Waals surface area contributed by atoms with Gasteiger partial charge in [-0.2, -0.15) is 0 Å². The molecule has 3 aromatic rings. The van der Waals surface area contributed by atoms with Crippen molar-refractivity contribution in [1.82, 2.24) is 20.5 Å². The summed E-state index contributed by atoms with van der Waals surface area (Å²) in [5.41, 5.74) is 1.85. The Morgan fingerprint density at radius 3 is 2.92 bits per heavy atom. The number of hydrogen-bond donors (Lipinski definition) is 4. The molecule has 2 aromatic heterocycles. The highest BCUT2D eigenvalue weighted by Gasteiger charge is 2.11. The molecule has 8 heteroatoms. The number of aromatic amines is 1. The summed E-state index contributed by atoms with van der Waals surface area (Å²) < 4.78 is 5.30. The van der Waals surface area contributed by atoms with Crippen LogP contribution in [0.3, 0.4) is 0 Å². The van der Waals surface area contributed by atoms with E-state index >= 15 is 0 Å². The van der Waals surface area contributed by atoms with Crippen LogP contribution in [-0.4, -0.2) is 46.1 Å². The molecule has 1 unspecified atom stereocenters. The average Bonchev–Trinajstić information content (AvgIpc) is 3.07. The van der Waals surface area contributed by atoms with E-state index in [1.807, 2.05) is 30.3 Å². The molecule has 26 heavy (non-hydrogen) atoms. The fourth-order valence-corrected chi connectivity index (χ4v) is 2.52. The molecule has 1 aromatic carbocycles. The van der Waals surface area contributed by atoms with Crippen LogP contribution in [0.2, 0.25) is 0 Å². The topological polar surface area (TPSA) is 112 Å². The molecule has 0 fully saturated rings. The summed E-state index contributed by atoms with van der Waals surface area (Å²) in [5, 5.41) is 21.9. The van der Waals surface area contributed by atoms with Gasteiger partial charge in [-0.15, -0.1) is 5.10 Å². The number of urea groups is 1. The molecule has 136 valence electrons. The molecule has 0 saturated heterocycles. The van der Waals surface area contributed by atoms with Crippen molar-refractivity contribution in [1.29, 1.82) is 0 Å². The smallest absolute Gasteiger partial charge is 0.320 e. The Bertz CT molecular complexity index is 866. The molecule has 0 spiro atoms. The van der Waals surface area contributed by atoms with E-state index in [4.69, 9.17) is 9.84 Å². The molecule has 4 N–H and O–H groups in total. The first-order valence-electron chi connectivity index (χ1n) is 8.35. The van der Waals surface area contributed by atoms with Gasteiger partial charge in [-0.1, -0.05) is 37.3 Å². The highest BCUT2D eigenvalue weighted by Crippen LogP contribution is 2.23. The number of hydrogen-bond acceptors (Lipinski definition) is 5. The van der Waals surface area contributed by atoms with Crippen molar-refractivity contribution in [2.45, 2.75) is 12.8 Å². The van der Waals surface area contributed by atoms with Crippen molar-refractivity contribution in [3.63, 3.8) is 0 Å². The number of carbonyl (C=O) groups excluding carboxylic acids is 1. The number of benzene rings is 1. The Morgan fingerprint density at radius 1 is 1.35 bits per heavy atom. The quantitative estimate of drug-likeness (QED) is 0.519. The second-order valence-electron chi connectivity index (χ2n) is 5.86. The third-order valence-corrected chi connectivity index (χ3v) is 3.92. The first-order valence-corrected chi connectivity index (χ1v) is 8.35. The number of amides is 2. The number of nitrogens with zero attached hydrogens (tertiary/aromatic N) is 2. The number of pyridine rings is 1. The van der Waals surface area contributed by atoms with E-state index in [-0.39, 0.29) is 25.2 Å². The van der Waals surface area contributed by atoms with Gasteiger partial charge in [-0.3, -0.25) is 10.4 Å². The zero-order chi connectivity index (χ0) is 18.4. The Hall–Kier alpha value is -3.13. The first kappa shape index (κ1) is 17.7. The van der Waals surface area contributed by atoms with E-state index in [0.717, 1.165) is 0 Å². The molecule has 0 saturated carbocycles. The summed E-state index contributed by atoms with van der Waals surface area (Å²) in [6.07, 6.45) is 1.56. The zero-order valence-electron chi connectivity index (χ0n) is 14.4. The predicted molar refractivity (Wildman–Crippen MR) is 98.3 cm³/mol. The number of aromatic nitrogens is 3. The van der Waals surface area contributed by atoms with Crippen LogP contribution in [0.1, 0.15) is 18.4 Å². The van der Waals surface area contributed by atoms with Gasteiger partial charge >= 0.3 is 6.03 Å².